The zero-order valence-electron chi connectivity index (χ0n) is 3.81. The topological polar surface area (TPSA) is 80.2 Å². The summed E-state index contributed by atoms with van der Waals surface area (Å²) in [5.74, 6) is -0.398. The summed E-state index contributed by atoms with van der Waals surface area (Å²) in [6.07, 6.45) is 0. The molecule has 0 saturated heterocycles. The van der Waals surface area contributed by atoms with E-state index in [1.807, 2.05) is 0 Å². The fourth-order valence-electron chi connectivity index (χ4n) is 0.316. The van der Waals surface area contributed by atoms with E-state index < -0.39 is 10.9 Å². The molecule has 0 aromatic rings. The van der Waals surface area contributed by atoms with Crippen molar-refractivity contribution in [2.75, 3.05) is 6.67 Å². The van der Waals surface area contributed by atoms with Crippen LogP contribution in [0, 0.1) is 10.1 Å². The molecule has 0 spiro atoms. The summed E-state index contributed by atoms with van der Waals surface area (Å²) in [6, 6.07) is 0. The van der Waals surface area contributed by atoms with E-state index in [1.165, 1.54) is 0 Å². The fourth-order valence-corrected chi connectivity index (χ4v) is 0.316. The molecule has 0 N–H and O–H groups in total. The minimum absolute atomic E-state index is 0.0936. The molecule has 1 aliphatic rings. The van der Waals surface area contributed by atoms with Crippen LogP contribution in [0.2, 0.25) is 0 Å². The van der Waals surface area contributed by atoms with E-state index in [9.17, 15) is 10.1 Å². The van der Waals surface area contributed by atoms with E-state index >= 15 is 0 Å². The minimum atomic E-state index is -0.670. The zero-order valence-corrected chi connectivity index (χ0v) is 3.81. The second kappa shape index (κ2) is 1.65. The Labute approximate surface area is 44.1 Å². The first-order chi connectivity index (χ1) is 3.80. The van der Waals surface area contributed by atoms with Gasteiger partial charge in [0.05, 0.1) is 5.11 Å². The molecular weight excluding hydrogens is 112 g/mol. The highest BCUT2D eigenvalue weighted by molar-refractivity contribution is 5.72. The first-order valence-corrected chi connectivity index (χ1v) is 1.87. The number of hydrogen-bond donors (Lipinski definition) is 0. The summed E-state index contributed by atoms with van der Waals surface area (Å²) < 4.78 is 0. The summed E-state index contributed by atoms with van der Waals surface area (Å²) in [7, 11) is 0. The maximum atomic E-state index is 9.72. The van der Waals surface area contributed by atoms with E-state index in [0.29, 0.717) is 0 Å². The molecule has 8 heavy (non-hydrogen) atoms. The number of hydrogen-bond acceptors (Lipinski definition) is 5. The Bertz CT molecular complexity index is 171. The number of nitro groups is 1. The molecule has 0 aromatic heterocycles. The number of aliphatic imine (C=N–C) groups is 1. The van der Waals surface area contributed by atoms with Crippen LogP contribution in [-0.2, 0) is 0 Å². The molecule has 6 nitrogen and oxygen atoms in total. The lowest BCUT2D eigenvalue weighted by Crippen LogP contribution is -2.04. The monoisotopic (exact) mass is 114 g/mol. The molecular formula is C2H2N4O2. The number of azo groups is 1. The summed E-state index contributed by atoms with van der Waals surface area (Å²) >= 11 is 0. The van der Waals surface area contributed by atoms with Crippen molar-refractivity contribution in [3.8, 4) is 0 Å². The number of guanidine groups is 1. The van der Waals surface area contributed by atoms with Crippen molar-refractivity contribution in [1.82, 2.24) is 0 Å². The third kappa shape index (κ3) is 0.673. The second-order valence-corrected chi connectivity index (χ2v) is 1.10. The lowest BCUT2D eigenvalue weighted by molar-refractivity contribution is -0.352. The van der Waals surface area contributed by atoms with Crippen LogP contribution in [0.1, 0.15) is 0 Å². The Morgan fingerprint density at radius 1 is 1.75 bits per heavy atom. The van der Waals surface area contributed by atoms with Crippen molar-refractivity contribution in [3.05, 3.63) is 10.1 Å². The van der Waals surface area contributed by atoms with Gasteiger partial charge in [-0.15, -0.1) is 0 Å². The molecule has 0 bridgehead atoms. The maximum absolute atomic E-state index is 9.72. The normalized spacial score (nSPS) is 16.2. The summed E-state index contributed by atoms with van der Waals surface area (Å²) in [5.41, 5.74) is 0. The largest absolute Gasteiger partial charge is 0.487 e. The molecule has 0 amide bonds. The molecule has 0 radical (unpaired) electrons. The summed E-state index contributed by atoms with van der Waals surface area (Å²) in [6.45, 7) is 0.0936. The molecule has 42 valence electrons. The Morgan fingerprint density at radius 3 is 2.75 bits per heavy atom. The van der Waals surface area contributed by atoms with Gasteiger partial charge in [-0.05, 0) is 4.92 Å². The predicted molar refractivity (Wildman–Crippen MR) is 24.2 cm³/mol. The van der Waals surface area contributed by atoms with Gasteiger partial charge in [-0.1, -0.05) is 10.1 Å². The Kier molecular flexibility index (Phi) is 0.991. The standard InChI is InChI=1S/C2H2N4O2/c7-6(8)2-3-1-4-5-2/h1H2. The Balaban J connectivity index is 2.72. The highest BCUT2D eigenvalue weighted by atomic mass is 16.6. The lowest BCUT2D eigenvalue weighted by atomic mass is 11.0. The molecule has 1 rings (SSSR count). The van der Waals surface area contributed by atoms with E-state index in [4.69, 9.17) is 0 Å². The van der Waals surface area contributed by atoms with Crippen LogP contribution in [-0.4, -0.2) is 17.6 Å². The molecule has 6 heteroatoms. The van der Waals surface area contributed by atoms with Gasteiger partial charge in [0.15, 0.2) is 0 Å². The first-order valence-electron chi connectivity index (χ1n) is 1.87. The van der Waals surface area contributed by atoms with Gasteiger partial charge >= 0.3 is 5.96 Å². The third-order valence-corrected chi connectivity index (χ3v) is 0.599. The van der Waals surface area contributed by atoms with Crippen molar-refractivity contribution < 1.29 is 4.92 Å². The van der Waals surface area contributed by atoms with Crippen LogP contribution in [0.3, 0.4) is 0 Å². The van der Waals surface area contributed by atoms with Crippen molar-refractivity contribution in [2.24, 2.45) is 15.2 Å². The molecule has 0 atom stereocenters. The average molecular weight is 114 g/mol. The second-order valence-electron chi connectivity index (χ2n) is 1.10. The van der Waals surface area contributed by atoms with E-state index in [0.717, 1.165) is 0 Å². The first kappa shape index (κ1) is 4.82. The highest BCUT2D eigenvalue weighted by Gasteiger charge is 2.14. The minimum Gasteiger partial charge on any atom is -0.390 e. The van der Waals surface area contributed by atoms with Gasteiger partial charge in [-0.3, -0.25) is 0 Å². The van der Waals surface area contributed by atoms with E-state index in [1.54, 1.807) is 0 Å². The molecule has 0 unspecified atom stereocenters. The quantitative estimate of drug-likeness (QED) is 0.329. The Morgan fingerprint density at radius 2 is 2.50 bits per heavy atom. The van der Waals surface area contributed by atoms with Gasteiger partial charge in [0.2, 0.25) is 6.67 Å². The maximum Gasteiger partial charge on any atom is 0.487 e. The molecule has 1 aliphatic heterocycles. The average Bonchev–Trinajstić information content (AvgIpc) is 2.12. The Hall–Kier alpha value is -1.33. The van der Waals surface area contributed by atoms with Gasteiger partial charge in [-0.2, -0.15) is 0 Å². The van der Waals surface area contributed by atoms with Gasteiger partial charge < -0.3 is 10.1 Å². The van der Waals surface area contributed by atoms with Crippen LogP contribution in [0.25, 0.3) is 0 Å². The third-order valence-electron chi connectivity index (χ3n) is 0.599. The van der Waals surface area contributed by atoms with Gasteiger partial charge in [0.1, 0.15) is 0 Å². The van der Waals surface area contributed by atoms with Crippen molar-refractivity contribution >= 4 is 5.96 Å². The van der Waals surface area contributed by atoms with Crippen LogP contribution in [0.5, 0.6) is 0 Å². The van der Waals surface area contributed by atoms with E-state index in [-0.39, 0.29) is 6.67 Å². The van der Waals surface area contributed by atoms with Gasteiger partial charge in [0.25, 0.3) is 0 Å². The number of nitrogens with zero attached hydrogens (tertiary/aromatic N) is 4. The van der Waals surface area contributed by atoms with Crippen molar-refractivity contribution in [3.63, 3.8) is 0 Å². The number of rotatable bonds is 0. The predicted octanol–water partition coefficient (Wildman–Crippen LogP) is 0.0424. The molecule has 0 saturated carbocycles. The van der Waals surface area contributed by atoms with Crippen LogP contribution >= 0.6 is 0 Å². The SMILES string of the molecule is O=[N+]([O-])C1=NCN=N1. The lowest BCUT2D eigenvalue weighted by Gasteiger charge is -1.82. The van der Waals surface area contributed by atoms with Crippen LogP contribution in [0.4, 0.5) is 0 Å². The molecule has 0 fully saturated rings. The highest BCUT2D eigenvalue weighted by Crippen LogP contribution is 1.93. The molecule has 0 aliphatic carbocycles. The summed E-state index contributed by atoms with van der Waals surface area (Å²) in [5, 5.41) is 16.1. The molecule has 0 aromatic carbocycles. The van der Waals surface area contributed by atoms with Gasteiger partial charge in [0, 0.05) is 0 Å². The smallest absolute Gasteiger partial charge is 0.390 e. The van der Waals surface area contributed by atoms with E-state index in [2.05, 4.69) is 15.2 Å². The molecule has 1 heterocycles. The van der Waals surface area contributed by atoms with Crippen LogP contribution < -0.4 is 0 Å². The summed E-state index contributed by atoms with van der Waals surface area (Å²) in [4.78, 5) is 12.4. The van der Waals surface area contributed by atoms with Crippen molar-refractivity contribution in [1.29, 1.82) is 0 Å². The fraction of sp³-hybridized carbons (Fsp3) is 0.500. The van der Waals surface area contributed by atoms with Gasteiger partial charge in [-0.25, -0.2) is 0 Å². The zero-order chi connectivity index (χ0) is 5.98. The van der Waals surface area contributed by atoms with Crippen molar-refractivity contribution in [2.45, 2.75) is 0 Å². The van der Waals surface area contributed by atoms with Crippen LogP contribution in [0.15, 0.2) is 15.2 Å².